The number of esters is 1. The predicted molar refractivity (Wildman–Crippen MR) is 91.3 cm³/mol. The monoisotopic (exact) mass is 306 g/mol. The van der Waals surface area contributed by atoms with E-state index in [1.165, 1.54) is 6.08 Å². The van der Waals surface area contributed by atoms with Crippen molar-refractivity contribution in [3.63, 3.8) is 0 Å². The molecule has 23 heavy (non-hydrogen) atoms. The first kappa shape index (κ1) is 15.1. The summed E-state index contributed by atoms with van der Waals surface area (Å²) in [6.07, 6.45) is 7.22. The van der Waals surface area contributed by atoms with Crippen LogP contribution in [0.4, 0.5) is 0 Å². The molecule has 116 valence electrons. The average molecular weight is 306 g/mol. The number of carbonyl (C=O) groups is 1. The Morgan fingerprint density at radius 1 is 1.13 bits per heavy atom. The maximum absolute atomic E-state index is 11.8. The van der Waals surface area contributed by atoms with Gasteiger partial charge in [-0.1, -0.05) is 30.3 Å². The molecule has 0 fully saturated rings. The van der Waals surface area contributed by atoms with Gasteiger partial charge in [-0.25, -0.2) is 4.79 Å². The normalized spacial score (nSPS) is 15.0. The molecule has 0 atom stereocenters. The van der Waals surface area contributed by atoms with Gasteiger partial charge in [0, 0.05) is 11.6 Å². The molecule has 0 saturated heterocycles. The Morgan fingerprint density at radius 2 is 1.91 bits per heavy atom. The zero-order chi connectivity index (χ0) is 16.3. The van der Waals surface area contributed by atoms with Crippen LogP contribution >= 0.6 is 0 Å². The second-order valence-corrected chi connectivity index (χ2v) is 5.90. The second kappa shape index (κ2) is 6.13. The summed E-state index contributed by atoms with van der Waals surface area (Å²) in [5.41, 5.74) is 1.63. The summed E-state index contributed by atoms with van der Waals surface area (Å²) in [5.74, 6) is 0.981. The summed E-state index contributed by atoms with van der Waals surface area (Å²) < 4.78 is 11.1. The molecule has 3 nitrogen and oxygen atoms in total. The third-order valence-electron chi connectivity index (χ3n) is 3.44. The van der Waals surface area contributed by atoms with Crippen LogP contribution < -0.4 is 9.47 Å². The standard InChI is InChI=1S/C20H18O3/c1-20(2)13-12-16-14-15(8-10-18(16)23-20)9-11-19(21)22-17-6-4-3-5-7-17/h3-14H,1-2H3/b11-9+. The predicted octanol–water partition coefficient (Wildman–Crippen LogP) is 4.49. The second-order valence-electron chi connectivity index (χ2n) is 5.90. The number of rotatable bonds is 3. The van der Waals surface area contributed by atoms with Crippen LogP contribution in [0, 0.1) is 0 Å². The Labute approximate surface area is 135 Å². The van der Waals surface area contributed by atoms with Crippen LogP contribution in [0.25, 0.3) is 12.2 Å². The lowest BCUT2D eigenvalue weighted by Crippen LogP contribution is -2.27. The fourth-order valence-electron chi connectivity index (χ4n) is 2.30. The molecule has 0 radical (unpaired) electrons. The number of benzene rings is 2. The molecule has 0 unspecified atom stereocenters. The summed E-state index contributed by atoms with van der Waals surface area (Å²) >= 11 is 0. The van der Waals surface area contributed by atoms with Gasteiger partial charge in [0.1, 0.15) is 17.1 Å². The fraction of sp³-hybridized carbons (Fsp3) is 0.150. The van der Waals surface area contributed by atoms with Crippen LogP contribution in [-0.2, 0) is 4.79 Å². The molecule has 2 aromatic rings. The highest BCUT2D eigenvalue weighted by Gasteiger charge is 2.21. The number of hydrogen-bond acceptors (Lipinski definition) is 3. The lowest BCUT2D eigenvalue weighted by atomic mass is 10.0. The van der Waals surface area contributed by atoms with E-state index in [1.54, 1.807) is 18.2 Å². The Balaban J connectivity index is 1.70. The summed E-state index contributed by atoms with van der Waals surface area (Å²) in [6.45, 7) is 4.03. The van der Waals surface area contributed by atoms with Gasteiger partial charge in [0.15, 0.2) is 0 Å². The molecule has 0 amide bonds. The van der Waals surface area contributed by atoms with Crippen molar-refractivity contribution in [1.82, 2.24) is 0 Å². The van der Waals surface area contributed by atoms with Gasteiger partial charge in [-0.2, -0.15) is 0 Å². The molecule has 0 bridgehead atoms. The molecule has 0 spiro atoms. The Morgan fingerprint density at radius 3 is 2.70 bits per heavy atom. The van der Waals surface area contributed by atoms with E-state index in [0.29, 0.717) is 5.75 Å². The Hall–Kier alpha value is -2.81. The van der Waals surface area contributed by atoms with Crippen molar-refractivity contribution in [2.24, 2.45) is 0 Å². The lowest BCUT2D eigenvalue weighted by Gasteiger charge is -2.27. The highest BCUT2D eigenvalue weighted by atomic mass is 16.5. The largest absolute Gasteiger partial charge is 0.483 e. The van der Waals surface area contributed by atoms with Gasteiger partial charge < -0.3 is 9.47 Å². The molecule has 0 aliphatic carbocycles. The first-order valence-corrected chi connectivity index (χ1v) is 7.49. The Kier molecular flexibility index (Phi) is 4.02. The number of fused-ring (bicyclic) bond motifs is 1. The van der Waals surface area contributed by atoms with E-state index < -0.39 is 5.97 Å². The van der Waals surface area contributed by atoms with Crippen molar-refractivity contribution in [2.75, 3.05) is 0 Å². The van der Waals surface area contributed by atoms with Crippen molar-refractivity contribution >= 4 is 18.1 Å². The number of para-hydroxylation sites is 1. The average Bonchev–Trinajstić information content (AvgIpc) is 2.53. The molecule has 3 rings (SSSR count). The SMILES string of the molecule is CC1(C)C=Cc2cc(/C=C/C(=O)Oc3ccccc3)ccc2O1. The van der Waals surface area contributed by atoms with Crippen molar-refractivity contribution < 1.29 is 14.3 Å². The smallest absolute Gasteiger partial charge is 0.336 e. The zero-order valence-corrected chi connectivity index (χ0v) is 13.2. The third-order valence-corrected chi connectivity index (χ3v) is 3.44. The van der Waals surface area contributed by atoms with Crippen LogP contribution in [0.1, 0.15) is 25.0 Å². The fourth-order valence-corrected chi connectivity index (χ4v) is 2.30. The van der Waals surface area contributed by atoms with E-state index >= 15 is 0 Å². The highest BCUT2D eigenvalue weighted by Crippen LogP contribution is 2.31. The molecule has 1 aliphatic heterocycles. The minimum Gasteiger partial charge on any atom is -0.483 e. The van der Waals surface area contributed by atoms with Crippen LogP contribution in [0.2, 0.25) is 0 Å². The maximum Gasteiger partial charge on any atom is 0.336 e. The van der Waals surface area contributed by atoms with E-state index in [9.17, 15) is 4.79 Å². The zero-order valence-electron chi connectivity index (χ0n) is 13.2. The van der Waals surface area contributed by atoms with Crippen molar-refractivity contribution in [1.29, 1.82) is 0 Å². The van der Waals surface area contributed by atoms with Gasteiger partial charge in [-0.3, -0.25) is 0 Å². The highest BCUT2D eigenvalue weighted by molar-refractivity contribution is 5.88. The van der Waals surface area contributed by atoms with E-state index in [1.807, 2.05) is 62.4 Å². The maximum atomic E-state index is 11.8. The van der Waals surface area contributed by atoms with Crippen molar-refractivity contribution in [3.05, 3.63) is 71.8 Å². The third kappa shape index (κ3) is 3.89. The van der Waals surface area contributed by atoms with Gasteiger partial charge >= 0.3 is 5.97 Å². The first-order chi connectivity index (χ1) is 11.0. The van der Waals surface area contributed by atoms with Crippen LogP contribution in [-0.4, -0.2) is 11.6 Å². The molecule has 1 heterocycles. The molecule has 3 heteroatoms. The first-order valence-electron chi connectivity index (χ1n) is 7.49. The summed E-state index contributed by atoms with van der Waals surface area (Å²) in [5, 5.41) is 0. The van der Waals surface area contributed by atoms with Crippen molar-refractivity contribution in [3.8, 4) is 11.5 Å². The molecule has 0 saturated carbocycles. The van der Waals surface area contributed by atoms with Gasteiger partial charge in [0.2, 0.25) is 0 Å². The van der Waals surface area contributed by atoms with E-state index in [0.717, 1.165) is 16.9 Å². The van der Waals surface area contributed by atoms with Gasteiger partial charge in [0.05, 0.1) is 0 Å². The quantitative estimate of drug-likeness (QED) is 0.476. The van der Waals surface area contributed by atoms with Crippen molar-refractivity contribution in [2.45, 2.75) is 19.4 Å². The molecule has 0 N–H and O–H groups in total. The minimum absolute atomic E-state index is 0.288. The topological polar surface area (TPSA) is 35.5 Å². The molecule has 0 aromatic heterocycles. The molecule has 1 aliphatic rings. The summed E-state index contributed by atoms with van der Waals surface area (Å²) in [4.78, 5) is 11.8. The Bertz CT molecular complexity index is 771. The molecular formula is C20H18O3. The van der Waals surface area contributed by atoms with Gasteiger partial charge in [-0.05, 0) is 55.8 Å². The van der Waals surface area contributed by atoms with Crippen LogP contribution in [0.5, 0.6) is 11.5 Å². The number of hydrogen-bond donors (Lipinski definition) is 0. The van der Waals surface area contributed by atoms with Gasteiger partial charge in [-0.15, -0.1) is 0 Å². The van der Waals surface area contributed by atoms with Crippen LogP contribution in [0.15, 0.2) is 60.7 Å². The van der Waals surface area contributed by atoms with Crippen LogP contribution in [0.3, 0.4) is 0 Å². The molecule has 2 aromatic carbocycles. The number of carbonyl (C=O) groups excluding carboxylic acids is 1. The summed E-state index contributed by atoms with van der Waals surface area (Å²) in [7, 11) is 0. The van der Waals surface area contributed by atoms with E-state index in [2.05, 4.69) is 0 Å². The lowest BCUT2D eigenvalue weighted by molar-refractivity contribution is -0.128. The number of ether oxygens (including phenoxy) is 2. The summed E-state index contributed by atoms with van der Waals surface area (Å²) in [6, 6.07) is 14.8. The minimum atomic E-state index is -0.401. The molecular weight excluding hydrogens is 288 g/mol. The van der Waals surface area contributed by atoms with E-state index in [-0.39, 0.29) is 5.60 Å². The van der Waals surface area contributed by atoms with E-state index in [4.69, 9.17) is 9.47 Å². The van der Waals surface area contributed by atoms with Gasteiger partial charge in [0.25, 0.3) is 0 Å².